The molecule has 1 amide bonds. The van der Waals surface area contributed by atoms with E-state index in [4.69, 9.17) is 4.74 Å². The first-order valence-corrected chi connectivity index (χ1v) is 8.56. The summed E-state index contributed by atoms with van der Waals surface area (Å²) in [6.07, 6.45) is 3.20. The summed E-state index contributed by atoms with van der Waals surface area (Å²) in [6.45, 7) is 3.21. The molecular formula is C17H16N4O2S. The third kappa shape index (κ3) is 3.08. The zero-order valence-electron chi connectivity index (χ0n) is 12.9. The highest BCUT2D eigenvalue weighted by Crippen LogP contribution is 2.31. The molecule has 6 nitrogen and oxygen atoms in total. The summed E-state index contributed by atoms with van der Waals surface area (Å²) in [6, 6.07) is 9.26. The fourth-order valence-electron chi connectivity index (χ4n) is 2.58. The maximum atomic E-state index is 12.2. The minimum atomic E-state index is -0.166. The van der Waals surface area contributed by atoms with E-state index in [1.807, 2.05) is 18.2 Å². The molecule has 1 aromatic carbocycles. The van der Waals surface area contributed by atoms with E-state index in [1.54, 1.807) is 35.9 Å². The lowest BCUT2D eigenvalue weighted by atomic mass is 10.2. The smallest absolute Gasteiger partial charge is 0.257 e. The molecule has 4 rings (SSSR count). The first-order valence-electron chi connectivity index (χ1n) is 7.74. The molecule has 24 heavy (non-hydrogen) atoms. The Morgan fingerprint density at radius 2 is 2.12 bits per heavy atom. The van der Waals surface area contributed by atoms with Crippen LogP contribution in [0.1, 0.15) is 10.4 Å². The van der Waals surface area contributed by atoms with Gasteiger partial charge in [-0.1, -0.05) is 11.3 Å². The minimum absolute atomic E-state index is 0.166. The molecule has 1 aliphatic rings. The molecule has 122 valence electrons. The number of thiazole rings is 1. The molecule has 0 unspecified atom stereocenters. The van der Waals surface area contributed by atoms with Crippen LogP contribution in [0.2, 0.25) is 0 Å². The number of carbonyl (C=O) groups is 1. The van der Waals surface area contributed by atoms with Crippen LogP contribution in [0, 0.1) is 0 Å². The number of pyridine rings is 1. The van der Waals surface area contributed by atoms with Gasteiger partial charge in [-0.15, -0.1) is 0 Å². The van der Waals surface area contributed by atoms with Gasteiger partial charge in [-0.3, -0.25) is 9.78 Å². The normalized spacial score (nSPS) is 14.8. The predicted octanol–water partition coefficient (Wildman–Crippen LogP) is 2.78. The second kappa shape index (κ2) is 6.54. The number of fused-ring (bicyclic) bond motifs is 1. The standard InChI is InChI=1S/C17H16N4O2S/c22-16(12-2-1-5-18-11-12)19-13-3-4-14-15(10-13)24-17(20-14)21-6-8-23-9-7-21/h1-5,10-11H,6-9H2,(H,19,22). The molecule has 0 radical (unpaired) electrons. The molecule has 1 N–H and O–H groups in total. The van der Waals surface area contributed by atoms with E-state index in [9.17, 15) is 4.79 Å². The van der Waals surface area contributed by atoms with Crippen LogP contribution in [0.5, 0.6) is 0 Å². The van der Waals surface area contributed by atoms with Gasteiger partial charge in [0.15, 0.2) is 5.13 Å². The van der Waals surface area contributed by atoms with Crippen molar-refractivity contribution >= 4 is 38.3 Å². The van der Waals surface area contributed by atoms with Gasteiger partial charge in [0, 0.05) is 31.2 Å². The van der Waals surface area contributed by atoms with Gasteiger partial charge in [-0.05, 0) is 30.3 Å². The van der Waals surface area contributed by atoms with Crippen LogP contribution in [0.4, 0.5) is 10.8 Å². The fourth-order valence-corrected chi connectivity index (χ4v) is 3.64. The maximum Gasteiger partial charge on any atom is 0.257 e. The van der Waals surface area contributed by atoms with E-state index in [0.717, 1.165) is 47.3 Å². The molecule has 0 aliphatic carbocycles. The van der Waals surface area contributed by atoms with Gasteiger partial charge < -0.3 is 15.0 Å². The number of hydrogen-bond donors (Lipinski definition) is 1. The number of rotatable bonds is 3. The Labute approximate surface area is 143 Å². The van der Waals surface area contributed by atoms with Crippen LogP contribution in [-0.4, -0.2) is 42.2 Å². The van der Waals surface area contributed by atoms with Crippen molar-refractivity contribution < 1.29 is 9.53 Å². The molecule has 1 aliphatic heterocycles. The SMILES string of the molecule is O=C(Nc1ccc2nc(N3CCOCC3)sc2c1)c1cccnc1. The number of carbonyl (C=O) groups excluding carboxylic acids is 1. The molecule has 3 aromatic rings. The van der Waals surface area contributed by atoms with E-state index in [-0.39, 0.29) is 5.91 Å². The molecule has 7 heteroatoms. The summed E-state index contributed by atoms with van der Waals surface area (Å²) in [5, 5.41) is 3.91. The number of morpholine rings is 1. The number of nitrogens with zero attached hydrogens (tertiary/aromatic N) is 3. The Kier molecular flexibility index (Phi) is 4.10. The van der Waals surface area contributed by atoms with E-state index < -0.39 is 0 Å². The molecule has 0 spiro atoms. The van der Waals surface area contributed by atoms with Crippen molar-refractivity contribution in [3.8, 4) is 0 Å². The minimum Gasteiger partial charge on any atom is -0.378 e. The van der Waals surface area contributed by atoms with Crippen molar-refractivity contribution in [2.24, 2.45) is 0 Å². The lowest BCUT2D eigenvalue weighted by Gasteiger charge is -2.25. The third-order valence-corrected chi connectivity index (χ3v) is 4.92. The summed E-state index contributed by atoms with van der Waals surface area (Å²) < 4.78 is 6.44. The van der Waals surface area contributed by atoms with Crippen LogP contribution in [0.25, 0.3) is 10.2 Å². The van der Waals surface area contributed by atoms with Crippen LogP contribution >= 0.6 is 11.3 Å². The monoisotopic (exact) mass is 340 g/mol. The molecule has 3 heterocycles. The average Bonchev–Trinajstić information content (AvgIpc) is 3.06. The second-order valence-corrected chi connectivity index (χ2v) is 6.48. The summed E-state index contributed by atoms with van der Waals surface area (Å²) in [7, 11) is 0. The largest absolute Gasteiger partial charge is 0.378 e. The zero-order valence-corrected chi connectivity index (χ0v) is 13.8. The predicted molar refractivity (Wildman–Crippen MR) is 94.8 cm³/mol. The van der Waals surface area contributed by atoms with Crippen LogP contribution in [-0.2, 0) is 4.74 Å². The van der Waals surface area contributed by atoms with Crippen LogP contribution in [0.3, 0.4) is 0 Å². The lowest BCUT2D eigenvalue weighted by molar-refractivity contribution is 0.102. The Morgan fingerprint density at radius 3 is 2.92 bits per heavy atom. The summed E-state index contributed by atoms with van der Waals surface area (Å²) in [4.78, 5) is 23.1. The van der Waals surface area contributed by atoms with Crippen molar-refractivity contribution in [1.82, 2.24) is 9.97 Å². The molecular weight excluding hydrogens is 324 g/mol. The molecule has 0 saturated carbocycles. The highest BCUT2D eigenvalue weighted by molar-refractivity contribution is 7.22. The second-order valence-electron chi connectivity index (χ2n) is 5.47. The quantitative estimate of drug-likeness (QED) is 0.794. The number of hydrogen-bond acceptors (Lipinski definition) is 6. The third-order valence-electron chi connectivity index (χ3n) is 3.84. The van der Waals surface area contributed by atoms with Gasteiger partial charge in [-0.2, -0.15) is 0 Å². The lowest BCUT2D eigenvalue weighted by Crippen LogP contribution is -2.36. The molecule has 2 aromatic heterocycles. The molecule has 1 fully saturated rings. The molecule has 1 saturated heterocycles. The van der Waals surface area contributed by atoms with E-state index in [0.29, 0.717) is 5.56 Å². The summed E-state index contributed by atoms with van der Waals surface area (Å²) >= 11 is 1.64. The van der Waals surface area contributed by atoms with Crippen molar-refractivity contribution in [2.75, 3.05) is 36.5 Å². The van der Waals surface area contributed by atoms with Crippen LogP contribution < -0.4 is 10.2 Å². The first-order chi connectivity index (χ1) is 11.8. The maximum absolute atomic E-state index is 12.2. The summed E-state index contributed by atoms with van der Waals surface area (Å²) in [5.74, 6) is -0.166. The fraction of sp³-hybridized carbons (Fsp3) is 0.235. The number of amides is 1. The number of ether oxygens (including phenoxy) is 1. The Morgan fingerprint density at radius 1 is 1.25 bits per heavy atom. The Bertz CT molecular complexity index is 859. The molecule has 0 bridgehead atoms. The van der Waals surface area contributed by atoms with Crippen molar-refractivity contribution in [2.45, 2.75) is 0 Å². The molecule has 0 atom stereocenters. The van der Waals surface area contributed by atoms with Gasteiger partial charge >= 0.3 is 0 Å². The Balaban J connectivity index is 1.55. The number of anilines is 2. The highest BCUT2D eigenvalue weighted by atomic mass is 32.1. The average molecular weight is 340 g/mol. The Hall–Kier alpha value is -2.51. The van der Waals surface area contributed by atoms with Crippen molar-refractivity contribution in [3.63, 3.8) is 0 Å². The van der Waals surface area contributed by atoms with Gasteiger partial charge in [-0.25, -0.2) is 4.98 Å². The van der Waals surface area contributed by atoms with E-state index >= 15 is 0 Å². The highest BCUT2D eigenvalue weighted by Gasteiger charge is 2.16. The van der Waals surface area contributed by atoms with Gasteiger partial charge in [0.2, 0.25) is 0 Å². The van der Waals surface area contributed by atoms with E-state index in [2.05, 4.69) is 20.2 Å². The van der Waals surface area contributed by atoms with Crippen molar-refractivity contribution in [1.29, 1.82) is 0 Å². The zero-order chi connectivity index (χ0) is 16.4. The van der Waals surface area contributed by atoms with Gasteiger partial charge in [0.05, 0.1) is 29.0 Å². The summed E-state index contributed by atoms with van der Waals surface area (Å²) in [5.41, 5.74) is 2.24. The topological polar surface area (TPSA) is 67.4 Å². The first kappa shape index (κ1) is 15.0. The van der Waals surface area contributed by atoms with Gasteiger partial charge in [0.1, 0.15) is 0 Å². The van der Waals surface area contributed by atoms with Crippen LogP contribution in [0.15, 0.2) is 42.7 Å². The van der Waals surface area contributed by atoms with Crippen molar-refractivity contribution in [3.05, 3.63) is 48.3 Å². The number of nitrogens with one attached hydrogen (secondary N) is 1. The number of aromatic nitrogens is 2. The van der Waals surface area contributed by atoms with E-state index in [1.165, 1.54) is 0 Å². The number of benzene rings is 1. The van der Waals surface area contributed by atoms with Gasteiger partial charge in [0.25, 0.3) is 5.91 Å².